The Morgan fingerprint density at radius 2 is 1.17 bits per heavy atom. The van der Waals surface area contributed by atoms with Gasteiger partial charge in [0.25, 0.3) is 0 Å². The predicted molar refractivity (Wildman–Crippen MR) is 112 cm³/mol. The number of amides is 2. The van der Waals surface area contributed by atoms with Gasteiger partial charge in [-0.3, -0.25) is 0 Å². The van der Waals surface area contributed by atoms with Crippen molar-refractivity contribution in [1.82, 2.24) is 10.9 Å². The fourth-order valence-electron chi connectivity index (χ4n) is 1.83. The number of hydrazone groups is 2. The summed E-state index contributed by atoms with van der Waals surface area (Å²) < 4.78 is 9.17. The van der Waals surface area contributed by atoms with E-state index in [0.717, 1.165) is 0 Å². The third-order valence-corrected chi connectivity index (χ3v) is 3.14. The molecule has 0 aliphatic rings. The number of benzene rings is 2. The van der Waals surface area contributed by atoms with Crippen LogP contribution in [0.2, 0.25) is 0 Å². The van der Waals surface area contributed by atoms with Gasteiger partial charge in [-0.05, 0) is 38.1 Å². The Morgan fingerprint density at radius 1 is 0.800 bits per heavy atom. The molecule has 0 radical (unpaired) electrons. The number of aromatic hydroxyl groups is 2. The van der Waals surface area contributed by atoms with Gasteiger partial charge in [-0.25, -0.2) is 20.4 Å². The van der Waals surface area contributed by atoms with Gasteiger partial charge in [-0.1, -0.05) is 24.3 Å². The first-order valence-electron chi connectivity index (χ1n) is 8.95. The summed E-state index contributed by atoms with van der Waals surface area (Å²) in [6.07, 6.45) is 1.44. The van der Waals surface area contributed by atoms with Crippen LogP contribution in [-0.2, 0) is 9.47 Å². The summed E-state index contributed by atoms with van der Waals surface area (Å²) in [6.45, 7) is 3.98. The van der Waals surface area contributed by atoms with Crippen molar-refractivity contribution in [2.24, 2.45) is 10.2 Å². The maximum absolute atomic E-state index is 10.8. The zero-order valence-electron chi connectivity index (χ0n) is 16.6. The molecular weight excluding hydrogens is 392 g/mol. The molecule has 0 aromatic heterocycles. The van der Waals surface area contributed by atoms with E-state index in [0.29, 0.717) is 11.1 Å². The summed E-state index contributed by atoms with van der Waals surface area (Å²) in [6, 6.07) is 13.3. The lowest BCUT2D eigenvalue weighted by Crippen LogP contribution is -2.18. The highest BCUT2D eigenvalue weighted by atomic mass is 16.6. The molecule has 2 amide bonds. The monoisotopic (exact) mass is 416 g/mol. The summed E-state index contributed by atoms with van der Waals surface area (Å²) in [5.74, 6) is 0.207. The van der Waals surface area contributed by atoms with Crippen LogP contribution in [0.15, 0.2) is 58.7 Å². The average Bonchev–Trinajstić information content (AvgIpc) is 2.72. The number of phenolic OH excluding ortho intramolecular Hbond substituents is 2. The molecule has 0 saturated carbocycles. The van der Waals surface area contributed by atoms with E-state index in [1.165, 1.54) is 24.6 Å². The Kier molecular flexibility index (Phi) is 11.2. The van der Waals surface area contributed by atoms with Crippen LogP contribution in [0.4, 0.5) is 9.59 Å². The number of phenols is 2. The summed E-state index contributed by atoms with van der Waals surface area (Å²) >= 11 is 0. The van der Waals surface area contributed by atoms with E-state index in [1.54, 1.807) is 50.2 Å². The molecule has 0 aliphatic heterocycles. The summed E-state index contributed by atoms with van der Waals surface area (Å²) in [7, 11) is 0. The number of hydrogen-bond acceptors (Lipinski definition) is 8. The molecule has 10 heteroatoms. The van der Waals surface area contributed by atoms with Crippen LogP contribution in [0.1, 0.15) is 25.0 Å². The third kappa shape index (κ3) is 9.74. The average molecular weight is 416 g/mol. The van der Waals surface area contributed by atoms with Crippen molar-refractivity contribution in [2.75, 3.05) is 13.2 Å². The minimum Gasteiger partial charge on any atom is -0.507 e. The molecule has 30 heavy (non-hydrogen) atoms. The number of nitrogens with zero attached hydrogens (tertiary/aromatic N) is 2. The number of rotatable bonds is 6. The Labute approximate surface area is 173 Å². The first kappa shape index (κ1) is 24.0. The van der Waals surface area contributed by atoms with Crippen LogP contribution >= 0.6 is 0 Å². The lowest BCUT2D eigenvalue weighted by molar-refractivity contribution is 0.152. The molecule has 4 N–H and O–H groups in total. The van der Waals surface area contributed by atoms with E-state index < -0.39 is 12.2 Å². The van der Waals surface area contributed by atoms with E-state index in [4.69, 9.17) is 0 Å². The number of hydrogen-bond donors (Lipinski definition) is 4. The molecule has 0 saturated heterocycles. The zero-order chi connectivity index (χ0) is 22.2. The molecule has 10 nitrogen and oxygen atoms in total. The first-order chi connectivity index (χ1) is 14.5. The maximum atomic E-state index is 10.8. The molecule has 0 bridgehead atoms. The fourth-order valence-corrected chi connectivity index (χ4v) is 1.83. The molecule has 160 valence electrons. The molecule has 2 rings (SSSR count). The summed E-state index contributed by atoms with van der Waals surface area (Å²) in [5, 5.41) is 25.9. The van der Waals surface area contributed by atoms with E-state index in [2.05, 4.69) is 30.5 Å². The van der Waals surface area contributed by atoms with Gasteiger partial charge in [0.15, 0.2) is 0 Å². The topological polar surface area (TPSA) is 142 Å². The highest BCUT2D eigenvalue weighted by Crippen LogP contribution is 2.13. The normalized spacial score (nSPS) is 10.2. The smallest absolute Gasteiger partial charge is 0.427 e. The van der Waals surface area contributed by atoms with Gasteiger partial charge in [0.1, 0.15) is 11.5 Å². The molecule has 2 aromatic carbocycles. The minimum absolute atomic E-state index is 0.104. The van der Waals surface area contributed by atoms with Crippen LogP contribution in [-0.4, -0.2) is 48.0 Å². The fraction of sp³-hybridized carbons (Fsp3) is 0.200. The van der Waals surface area contributed by atoms with Gasteiger partial charge in [-0.2, -0.15) is 10.2 Å². The summed E-state index contributed by atoms with van der Waals surface area (Å²) in [5.41, 5.74) is 5.36. The lowest BCUT2D eigenvalue weighted by Gasteiger charge is -1.99. The number of ether oxygens (including phenoxy) is 2. The van der Waals surface area contributed by atoms with Crippen molar-refractivity contribution in [1.29, 1.82) is 0 Å². The molecular formula is C20H24N4O6. The SMILES string of the molecule is CCOC(=O)N/N=C/c1ccccc1O.CCOC(=O)N/N=C/c1ccccc1O. The highest BCUT2D eigenvalue weighted by Gasteiger charge is 1.98. The van der Waals surface area contributed by atoms with Crippen LogP contribution < -0.4 is 10.9 Å². The first-order valence-corrected chi connectivity index (χ1v) is 8.95. The molecule has 0 heterocycles. The van der Waals surface area contributed by atoms with Crippen LogP contribution in [0.25, 0.3) is 0 Å². The second-order valence-corrected chi connectivity index (χ2v) is 5.30. The molecule has 0 fully saturated rings. The van der Waals surface area contributed by atoms with Gasteiger partial charge in [0.05, 0.1) is 25.6 Å². The molecule has 0 unspecified atom stereocenters. The third-order valence-electron chi connectivity index (χ3n) is 3.14. The Hall–Kier alpha value is -4.08. The van der Waals surface area contributed by atoms with Crippen molar-refractivity contribution in [3.8, 4) is 11.5 Å². The van der Waals surface area contributed by atoms with Gasteiger partial charge >= 0.3 is 12.2 Å². The van der Waals surface area contributed by atoms with Crippen molar-refractivity contribution in [3.63, 3.8) is 0 Å². The number of carbonyl (C=O) groups excluding carboxylic acids is 2. The van der Waals surface area contributed by atoms with Crippen LogP contribution in [0.3, 0.4) is 0 Å². The van der Waals surface area contributed by atoms with Crippen LogP contribution in [0.5, 0.6) is 11.5 Å². The number of nitrogens with one attached hydrogen (secondary N) is 2. The Balaban J connectivity index is 0.000000300. The second-order valence-electron chi connectivity index (χ2n) is 5.30. The van der Waals surface area contributed by atoms with Crippen LogP contribution in [0, 0.1) is 0 Å². The molecule has 2 aromatic rings. The van der Waals surface area contributed by atoms with Crippen molar-refractivity contribution in [3.05, 3.63) is 59.7 Å². The standard InChI is InChI=1S/2C10H12N2O3/c2*1-2-15-10(14)12-11-7-8-5-3-4-6-9(8)13/h2*3-7,13H,2H2,1H3,(H,12,14)/b2*11-7+. The number of carbonyl (C=O) groups is 2. The van der Waals surface area contributed by atoms with E-state index in [9.17, 15) is 19.8 Å². The Morgan fingerprint density at radius 3 is 1.50 bits per heavy atom. The largest absolute Gasteiger partial charge is 0.507 e. The minimum atomic E-state index is -0.621. The van der Waals surface area contributed by atoms with Crippen molar-refractivity contribution in [2.45, 2.75) is 13.8 Å². The van der Waals surface area contributed by atoms with Gasteiger partial charge in [0, 0.05) is 11.1 Å². The quantitative estimate of drug-likeness (QED) is 0.421. The van der Waals surface area contributed by atoms with Gasteiger partial charge < -0.3 is 19.7 Å². The zero-order valence-corrected chi connectivity index (χ0v) is 16.6. The second kappa shape index (κ2) is 14.0. The predicted octanol–water partition coefficient (Wildman–Crippen LogP) is 2.94. The molecule has 0 aliphatic carbocycles. The summed E-state index contributed by atoms with van der Waals surface area (Å²) in [4.78, 5) is 21.6. The van der Waals surface area contributed by atoms with E-state index in [1.807, 2.05) is 0 Å². The van der Waals surface area contributed by atoms with Gasteiger partial charge in [0.2, 0.25) is 0 Å². The van der Waals surface area contributed by atoms with E-state index >= 15 is 0 Å². The lowest BCUT2D eigenvalue weighted by atomic mass is 10.2. The van der Waals surface area contributed by atoms with Crippen molar-refractivity contribution >= 4 is 24.6 Å². The van der Waals surface area contributed by atoms with Crippen molar-refractivity contribution < 1.29 is 29.3 Å². The maximum Gasteiger partial charge on any atom is 0.427 e. The van der Waals surface area contributed by atoms with E-state index in [-0.39, 0.29) is 24.7 Å². The number of para-hydroxylation sites is 2. The molecule has 0 spiro atoms. The Bertz CT molecular complexity index is 798. The van der Waals surface area contributed by atoms with Gasteiger partial charge in [-0.15, -0.1) is 0 Å². The molecule has 0 atom stereocenters. The highest BCUT2D eigenvalue weighted by molar-refractivity contribution is 5.84.